The van der Waals surface area contributed by atoms with Crippen molar-refractivity contribution in [3.8, 4) is 17.0 Å². The maximum absolute atomic E-state index is 13.2. The number of nitrogens with zero attached hydrogens (tertiary/aromatic N) is 3. The topological polar surface area (TPSA) is 88.0 Å². The Hall–Kier alpha value is -3.56. The van der Waals surface area contributed by atoms with Crippen LogP contribution in [0.25, 0.3) is 16.9 Å². The first-order chi connectivity index (χ1) is 18.8. The number of urea groups is 1. The molecule has 2 aromatic carbocycles. The number of halogens is 2. The Morgan fingerprint density at radius 1 is 1.21 bits per heavy atom. The Kier molecular flexibility index (Phi) is 8.09. The third kappa shape index (κ3) is 6.37. The number of imidazole rings is 1. The quantitative estimate of drug-likeness (QED) is 0.259. The molecule has 3 amide bonds. The number of pyridine rings is 1. The molecule has 10 heteroatoms. The molecule has 1 aliphatic heterocycles. The second-order valence-corrected chi connectivity index (χ2v) is 11.0. The third-order valence-electron chi connectivity index (χ3n) is 6.44. The van der Waals surface area contributed by atoms with Crippen LogP contribution in [0, 0.1) is 0 Å². The van der Waals surface area contributed by atoms with E-state index in [4.69, 9.17) is 21.3 Å². The van der Waals surface area contributed by atoms with Gasteiger partial charge in [0.15, 0.2) is 5.65 Å². The van der Waals surface area contributed by atoms with Crippen LogP contribution < -0.4 is 15.4 Å². The zero-order valence-electron chi connectivity index (χ0n) is 21.7. The predicted molar refractivity (Wildman–Crippen MR) is 155 cm³/mol. The first-order valence-electron chi connectivity index (χ1n) is 12.8. The number of rotatable bonds is 9. The van der Waals surface area contributed by atoms with Gasteiger partial charge in [-0.2, -0.15) is 0 Å². The van der Waals surface area contributed by atoms with Crippen molar-refractivity contribution in [3.63, 3.8) is 0 Å². The summed E-state index contributed by atoms with van der Waals surface area (Å²) in [7, 11) is 0. The highest BCUT2D eigenvalue weighted by Crippen LogP contribution is 2.27. The van der Waals surface area contributed by atoms with Crippen molar-refractivity contribution in [1.82, 2.24) is 24.9 Å². The highest BCUT2D eigenvalue weighted by molar-refractivity contribution is 9.10. The minimum Gasteiger partial charge on any atom is -0.489 e. The second kappa shape index (κ2) is 11.7. The highest BCUT2D eigenvalue weighted by atomic mass is 79.9. The number of ether oxygens (including phenoxy) is 1. The van der Waals surface area contributed by atoms with E-state index in [-0.39, 0.29) is 24.1 Å². The van der Waals surface area contributed by atoms with Gasteiger partial charge in [-0.3, -0.25) is 4.79 Å². The van der Waals surface area contributed by atoms with Crippen LogP contribution in [0.4, 0.5) is 4.79 Å². The Labute approximate surface area is 240 Å². The number of nitrogens with one attached hydrogen (secondary N) is 2. The molecule has 39 heavy (non-hydrogen) atoms. The first kappa shape index (κ1) is 27.0. The average Bonchev–Trinajstić information content (AvgIpc) is 3.52. The lowest BCUT2D eigenvalue weighted by Gasteiger charge is -2.24. The van der Waals surface area contributed by atoms with E-state index < -0.39 is 0 Å². The zero-order chi connectivity index (χ0) is 27.5. The molecular weight excluding hydrogens is 582 g/mol. The summed E-state index contributed by atoms with van der Waals surface area (Å²) < 4.78 is 8.59. The summed E-state index contributed by atoms with van der Waals surface area (Å²) >= 11 is 9.92. The Morgan fingerprint density at radius 3 is 2.67 bits per heavy atom. The molecule has 4 aromatic rings. The molecule has 0 spiro atoms. The molecule has 0 aliphatic carbocycles. The van der Waals surface area contributed by atoms with E-state index in [9.17, 15) is 9.59 Å². The Balaban J connectivity index is 1.32. The predicted octanol–water partition coefficient (Wildman–Crippen LogP) is 5.57. The van der Waals surface area contributed by atoms with Crippen LogP contribution in [0.3, 0.4) is 0 Å². The van der Waals surface area contributed by atoms with Gasteiger partial charge >= 0.3 is 6.03 Å². The fourth-order valence-electron chi connectivity index (χ4n) is 4.59. The van der Waals surface area contributed by atoms with Gasteiger partial charge in [-0.05, 0) is 72.1 Å². The van der Waals surface area contributed by atoms with E-state index in [0.717, 1.165) is 26.9 Å². The number of carbonyl (C=O) groups excluding carboxylic acids is 2. The van der Waals surface area contributed by atoms with E-state index in [2.05, 4.69) is 26.6 Å². The second-order valence-electron chi connectivity index (χ2n) is 9.77. The van der Waals surface area contributed by atoms with Crippen LogP contribution in [-0.4, -0.2) is 58.0 Å². The monoisotopic (exact) mass is 609 g/mol. The molecular formula is C29H29BrClN5O3. The molecule has 1 saturated heterocycles. The number of aromatic nitrogens is 2. The van der Waals surface area contributed by atoms with E-state index >= 15 is 0 Å². The lowest BCUT2D eigenvalue weighted by molar-refractivity contribution is 0.0929. The molecule has 2 N–H and O–H groups in total. The Bertz CT molecular complexity index is 1500. The number of hydrogen-bond acceptors (Lipinski definition) is 4. The first-order valence-corrected chi connectivity index (χ1v) is 14.0. The van der Waals surface area contributed by atoms with Crippen LogP contribution in [0.15, 0.2) is 71.5 Å². The largest absolute Gasteiger partial charge is 0.489 e. The van der Waals surface area contributed by atoms with Crippen LogP contribution in [-0.2, 0) is 6.42 Å². The van der Waals surface area contributed by atoms with Gasteiger partial charge in [0, 0.05) is 43.2 Å². The van der Waals surface area contributed by atoms with Crippen molar-refractivity contribution in [2.45, 2.75) is 32.4 Å². The molecule has 2 aromatic heterocycles. The maximum Gasteiger partial charge on any atom is 0.317 e. The molecule has 1 atom stereocenters. The van der Waals surface area contributed by atoms with E-state index in [1.807, 2.05) is 67.0 Å². The lowest BCUT2D eigenvalue weighted by Crippen LogP contribution is -2.46. The fourth-order valence-corrected chi connectivity index (χ4v) is 5.26. The summed E-state index contributed by atoms with van der Waals surface area (Å²) in [6.07, 6.45) is 4.48. The van der Waals surface area contributed by atoms with Crippen LogP contribution in [0.2, 0.25) is 5.02 Å². The van der Waals surface area contributed by atoms with Crippen molar-refractivity contribution in [3.05, 3.63) is 87.6 Å². The molecule has 0 saturated carbocycles. The van der Waals surface area contributed by atoms with Crippen LogP contribution in [0.1, 0.15) is 29.8 Å². The number of benzene rings is 2. The average molecular weight is 611 g/mol. The minimum atomic E-state index is -0.302. The number of hydrogen-bond donors (Lipinski definition) is 2. The van der Waals surface area contributed by atoms with Crippen molar-refractivity contribution >= 4 is 45.1 Å². The van der Waals surface area contributed by atoms with Gasteiger partial charge < -0.3 is 24.7 Å². The van der Waals surface area contributed by atoms with Crippen LogP contribution in [0.5, 0.6) is 5.75 Å². The van der Waals surface area contributed by atoms with Crippen molar-refractivity contribution in [2.75, 3.05) is 19.6 Å². The number of amides is 3. The maximum atomic E-state index is 13.2. The van der Waals surface area contributed by atoms with E-state index in [1.54, 1.807) is 23.1 Å². The zero-order valence-corrected chi connectivity index (χ0v) is 24.0. The Morgan fingerprint density at radius 2 is 2.00 bits per heavy atom. The summed E-state index contributed by atoms with van der Waals surface area (Å²) in [5, 5.41) is 6.31. The van der Waals surface area contributed by atoms with Gasteiger partial charge in [-0.1, -0.05) is 35.9 Å². The van der Waals surface area contributed by atoms with Crippen molar-refractivity contribution in [2.24, 2.45) is 0 Å². The summed E-state index contributed by atoms with van der Waals surface area (Å²) in [4.78, 5) is 31.9. The van der Waals surface area contributed by atoms with E-state index in [0.29, 0.717) is 42.4 Å². The van der Waals surface area contributed by atoms with Crippen molar-refractivity contribution in [1.29, 1.82) is 0 Å². The smallest absolute Gasteiger partial charge is 0.317 e. The molecule has 3 heterocycles. The fraction of sp³-hybridized carbons (Fsp3) is 0.276. The standard InChI is InChI=1S/C29H29BrClN5O3/c1-18(2)39-26-10-9-21(15-24(26)31)28(37)33-22(16-36-13-11-32-29(36)38)14-19-5-7-20(8-6-19)25-17-35-12-3-4-23(30)27(35)34-25/h3-10,12,15,17-18,22H,11,13-14,16H2,1-2H3,(H,32,38)(H,33,37)/t22-/m0/s1. The molecule has 0 unspecified atom stereocenters. The normalized spacial score (nSPS) is 14.1. The number of carbonyl (C=O) groups is 2. The third-order valence-corrected chi connectivity index (χ3v) is 7.36. The SMILES string of the molecule is CC(C)Oc1ccc(C(=O)N[C@@H](Cc2ccc(-c3cn4cccc(Br)c4n3)cc2)CN2CCNC2=O)cc1Cl. The summed E-state index contributed by atoms with van der Waals surface area (Å²) in [5.74, 6) is 0.274. The lowest BCUT2D eigenvalue weighted by atomic mass is 10.0. The van der Waals surface area contributed by atoms with E-state index in [1.165, 1.54) is 0 Å². The highest BCUT2D eigenvalue weighted by Gasteiger charge is 2.25. The number of fused-ring (bicyclic) bond motifs is 1. The van der Waals surface area contributed by atoms with Gasteiger partial charge in [-0.15, -0.1) is 0 Å². The van der Waals surface area contributed by atoms with Gasteiger partial charge in [-0.25, -0.2) is 9.78 Å². The van der Waals surface area contributed by atoms with Gasteiger partial charge in [0.25, 0.3) is 5.91 Å². The minimum absolute atomic E-state index is 0.0286. The van der Waals surface area contributed by atoms with Gasteiger partial charge in [0.2, 0.25) is 0 Å². The molecule has 5 rings (SSSR count). The molecule has 1 fully saturated rings. The van der Waals surface area contributed by atoms with Crippen LogP contribution >= 0.6 is 27.5 Å². The summed E-state index contributed by atoms with van der Waals surface area (Å²) in [6.45, 7) is 5.41. The molecule has 0 bridgehead atoms. The van der Waals surface area contributed by atoms with Crippen molar-refractivity contribution < 1.29 is 14.3 Å². The van der Waals surface area contributed by atoms with Gasteiger partial charge in [0.1, 0.15) is 5.75 Å². The van der Waals surface area contributed by atoms with Gasteiger partial charge in [0.05, 0.1) is 27.3 Å². The summed E-state index contributed by atoms with van der Waals surface area (Å²) in [5.41, 5.74) is 4.18. The summed E-state index contributed by atoms with van der Waals surface area (Å²) in [6, 6.07) is 16.6. The molecule has 202 valence electrons. The molecule has 1 aliphatic rings. The molecule has 8 nitrogen and oxygen atoms in total. The molecule has 0 radical (unpaired) electrons.